The molecule has 2 atom stereocenters. The number of aliphatic hydroxyl groups is 1. The van der Waals surface area contributed by atoms with Crippen molar-refractivity contribution >= 4 is 65.8 Å². The average molecular weight is 277 g/mol. The molecule has 0 saturated carbocycles. The first-order valence-electron chi connectivity index (χ1n) is 2.68. The van der Waals surface area contributed by atoms with Crippen LogP contribution >= 0.6 is 28.1 Å². The number of hydrogen-bond donors (Lipinski definition) is 1. The zero-order chi connectivity index (χ0) is 9.98. The fraction of sp³-hybridized carbons (Fsp3) is 1.00. The molecule has 0 aliphatic carbocycles. The second kappa shape index (κ2) is 16.0. The van der Waals surface area contributed by atoms with Crippen LogP contribution in [-0.2, 0) is 13.4 Å². The molecular formula is C3H7CaClO6P2+2. The molecule has 0 bridgehead atoms. The van der Waals surface area contributed by atoms with Gasteiger partial charge >= 0.3 is 54.2 Å². The van der Waals surface area contributed by atoms with Crippen molar-refractivity contribution in [2.24, 2.45) is 0 Å². The van der Waals surface area contributed by atoms with Crippen LogP contribution in [0, 0.1) is 0 Å². The summed E-state index contributed by atoms with van der Waals surface area (Å²) in [6.07, 6.45) is 0.710. The monoisotopic (exact) mass is 276 g/mol. The molecule has 0 heterocycles. The SMILES string of the molecule is O=[P+]([O-])O[P+](=O)[O-].OCCCCl.[Ca+2]. The van der Waals surface area contributed by atoms with Crippen molar-refractivity contribution in [2.75, 3.05) is 12.5 Å². The number of rotatable bonds is 4. The molecular weight excluding hydrogens is 270 g/mol. The summed E-state index contributed by atoms with van der Waals surface area (Å²) in [4.78, 5) is 18.5. The Bertz CT molecular complexity index is 132. The third-order valence-corrected chi connectivity index (χ3v) is 1.76. The van der Waals surface area contributed by atoms with Gasteiger partial charge < -0.3 is 14.9 Å². The van der Waals surface area contributed by atoms with E-state index in [4.69, 9.17) is 16.7 Å². The summed E-state index contributed by atoms with van der Waals surface area (Å²) in [5, 5.41) is 7.98. The Labute approximate surface area is 112 Å². The number of halogens is 1. The molecule has 0 saturated heterocycles. The molecule has 2 unspecified atom stereocenters. The van der Waals surface area contributed by atoms with E-state index in [9.17, 15) is 18.9 Å². The van der Waals surface area contributed by atoms with Crippen LogP contribution < -0.4 is 9.79 Å². The van der Waals surface area contributed by atoms with Gasteiger partial charge in [0, 0.05) is 12.5 Å². The molecule has 6 nitrogen and oxygen atoms in total. The van der Waals surface area contributed by atoms with E-state index in [-0.39, 0.29) is 44.3 Å². The average Bonchev–Trinajstić information content (AvgIpc) is 1.87. The summed E-state index contributed by atoms with van der Waals surface area (Å²) >= 11 is 5.14. The Morgan fingerprint density at radius 1 is 1.31 bits per heavy atom. The van der Waals surface area contributed by atoms with Gasteiger partial charge in [-0.1, -0.05) is 0 Å². The van der Waals surface area contributed by atoms with E-state index in [1.54, 1.807) is 0 Å². The molecule has 0 rings (SSSR count). The Balaban J connectivity index is -0.000000150. The summed E-state index contributed by atoms with van der Waals surface area (Å²) in [7, 11) is -6.47. The van der Waals surface area contributed by atoms with Crippen molar-refractivity contribution in [3.63, 3.8) is 0 Å². The van der Waals surface area contributed by atoms with Crippen LogP contribution in [0.15, 0.2) is 0 Å². The summed E-state index contributed by atoms with van der Waals surface area (Å²) in [6.45, 7) is 0.212. The predicted molar refractivity (Wildman–Crippen MR) is 44.5 cm³/mol. The fourth-order valence-electron chi connectivity index (χ4n) is 0.114. The maximum absolute atomic E-state index is 9.24. The third-order valence-electron chi connectivity index (χ3n) is 0.425. The van der Waals surface area contributed by atoms with E-state index in [0.29, 0.717) is 12.3 Å². The topological polar surface area (TPSA) is 110 Å². The standard InChI is InChI=1S/C3H7ClO.Ca.O5P2/c4-2-1-3-5;;1-6(2)5-7(3)4/h5H,1-3H2;;/q;+2;. The molecule has 0 aliphatic heterocycles. The van der Waals surface area contributed by atoms with Gasteiger partial charge in [-0.05, 0) is 15.6 Å². The Morgan fingerprint density at radius 3 is 1.69 bits per heavy atom. The number of aliphatic hydroxyl groups excluding tert-OH is 1. The minimum atomic E-state index is -3.24. The Morgan fingerprint density at radius 2 is 1.69 bits per heavy atom. The van der Waals surface area contributed by atoms with Crippen LogP contribution in [0.3, 0.4) is 0 Å². The number of hydrogen-bond acceptors (Lipinski definition) is 6. The minimum absolute atomic E-state index is 0. The second-order valence-corrected chi connectivity index (χ2v) is 3.22. The summed E-state index contributed by atoms with van der Waals surface area (Å²) in [6, 6.07) is 0. The van der Waals surface area contributed by atoms with Gasteiger partial charge in [-0.3, -0.25) is 0 Å². The van der Waals surface area contributed by atoms with Gasteiger partial charge in [0.05, 0.1) is 0 Å². The first-order valence-corrected chi connectivity index (χ1v) is 5.40. The van der Waals surface area contributed by atoms with E-state index < -0.39 is 16.5 Å². The van der Waals surface area contributed by atoms with Gasteiger partial charge in [0.2, 0.25) is 0 Å². The van der Waals surface area contributed by atoms with Gasteiger partial charge in [-0.15, -0.1) is 11.6 Å². The largest absolute Gasteiger partial charge is 2.00 e. The van der Waals surface area contributed by atoms with Gasteiger partial charge in [-0.25, -0.2) is 0 Å². The van der Waals surface area contributed by atoms with Gasteiger partial charge in [0.1, 0.15) is 4.31 Å². The van der Waals surface area contributed by atoms with Crippen LogP contribution in [0.2, 0.25) is 0 Å². The van der Waals surface area contributed by atoms with Crippen molar-refractivity contribution in [3.05, 3.63) is 0 Å². The van der Waals surface area contributed by atoms with Crippen LogP contribution in [-0.4, -0.2) is 55.3 Å². The van der Waals surface area contributed by atoms with Crippen LogP contribution in [0.1, 0.15) is 6.42 Å². The first kappa shape index (κ1) is 20.1. The molecule has 0 aromatic rings. The minimum Gasteiger partial charge on any atom is -0.563 e. The molecule has 0 radical (unpaired) electrons. The predicted octanol–water partition coefficient (Wildman–Crippen LogP) is -0.735. The molecule has 0 spiro atoms. The molecule has 0 aromatic heterocycles. The second-order valence-electron chi connectivity index (χ2n) is 1.30. The smallest absolute Gasteiger partial charge is 0.563 e. The number of alkyl halides is 1. The van der Waals surface area contributed by atoms with Crippen LogP contribution in [0.5, 0.6) is 0 Å². The summed E-state index contributed by atoms with van der Waals surface area (Å²) < 4.78 is 21.6. The van der Waals surface area contributed by atoms with E-state index >= 15 is 0 Å². The molecule has 0 fully saturated rings. The van der Waals surface area contributed by atoms with E-state index in [1.165, 1.54) is 0 Å². The zero-order valence-electron chi connectivity index (χ0n) is 6.59. The van der Waals surface area contributed by atoms with E-state index in [2.05, 4.69) is 4.31 Å². The van der Waals surface area contributed by atoms with Crippen molar-refractivity contribution in [3.8, 4) is 0 Å². The van der Waals surface area contributed by atoms with E-state index in [1.807, 2.05) is 0 Å². The molecule has 10 heteroatoms. The van der Waals surface area contributed by atoms with Gasteiger partial charge in [-0.2, -0.15) is 0 Å². The maximum Gasteiger partial charge on any atom is 2.00 e. The summed E-state index contributed by atoms with van der Waals surface area (Å²) in [5.74, 6) is 0.566. The van der Waals surface area contributed by atoms with Crippen LogP contribution in [0.25, 0.3) is 0 Å². The quantitative estimate of drug-likeness (QED) is 0.412. The normalized spacial score (nSPS) is 10.5. The molecule has 1 N–H and O–H groups in total. The maximum atomic E-state index is 9.24. The summed E-state index contributed by atoms with van der Waals surface area (Å²) in [5.41, 5.74) is 0. The van der Waals surface area contributed by atoms with E-state index in [0.717, 1.165) is 0 Å². The Hall–Kier alpha value is 1.59. The molecule has 0 amide bonds. The first-order chi connectivity index (χ1) is 5.54. The van der Waals surface area contributed by atoms with Crippen molar-refractivity contribution in [1.29, 1.82) is 0 Å². The van der Waals surface area contributed by atoms with Gasteiger partial charge in [0.25, 0.3) is 0 Å². The molecule has 0 aromatic carbocycles. The molecule has 13 heavy (non-hydrogen) atoms. The third kappa shape index (κ3) is 31.7. The molecule has 0 aliphatic rings. The van der Waals surface area contributed by atoms with Gasteiger partial charge in [0.15, 0.2) is 0 Å². The zero-order valence-corrected chi connectivity index (χ0v) is 11.3. The molecule has 72 valence electrons. The Kier molecular flexibility index (Phi) is 24.7. The fourth-order valence-corrected chi connectivity index (χ4v) is 0.669. The van der Waals surface area contributed by atoms with Crippen molar-refractivity contribution < 1.29 is 28.3 Å². The van der Waals surface area contributed by atoms with Crippen LogP contribution in [0.4, 0.5) is 0 Å². The van der Waals surface area contributed by atoms with Crippen molar-refractivity contribution in [2.45, 2.75) is 6.42 Å². The van der Waals surface area contributed by atoms with Crippen molar-refractivity contribution in [1.82, 2.24) is 0 Å².